The highest BCUT2D eigenvalue weighted by Crippen LogP contribution is 2.26. The lowest BCUT2D eigenvalue weighted by atomic mass is 10.4. The maximum atomic E-state index is 11.9. The minimum absolute atomic E-state index is 0.0174. The highest BCUT2D eigenvalue weighted by Gasteiger charge is 2.31. The van der Waals surface area contributed by atoms with E-state index < -0.39 is 0 Å². The van der Waals surface area contributed by atoms with E-state index in [1.807, 2.05) is 6.92 Å². The average molecular weight is 255 g/mol. The molecule has 2 rings (SSSR count). The lowest BCUT2D eigenvalue weighted by Gasteiger charge is -2.21. The van der Waals surface area contributed by atoms with E-state index >= 15 is 0 Å². The van der Waals surface area contributed by atoms with E-state index in [1.54, 1.807) is 21.7 Å². The summed E-state index contributed by atoms with van der Waals surface area (Å²) in [6.07, 6.45) is 2.10. The number of rotatable bonds is 5. The Balaban J connectivity index is 1.85. The lowest BCUT2D eigenvalue weighted by molar-refractivity contribution is 0.173. The number of aliphatic hydroxyl groups excluding tert-OH is 1. The first-order chi connectivity index (χ1) is 8.22. The van der Waals surface area contributed by atoms with Crippen molar-refractivity contribution in [3.05, 3.63) is 16.1 Å². The molecule has 1 fully saturated rings. The predicted octanol–water partition coefficient (Wildman–Crippen LogP) is 1.12. The van der Waals surface area contributed by atoms with Crippen molar-refractivity contribution in [2.24, 2.45) is 0 Å². The molecule has 0 unspecified atom stereocenters. The number of carbonyl (C=O) groups excluding carboxylic acids is 1. The van der Waals surface area contributed by atoms with Gasteiger partial charge in [0.15, 0.2) is 0 Å². The van der Waals surface area contributed by atoms with Crippen LogP contribution in [0.3, 0.4) is 0 Å². The van der Waals surface area contributed by atoms with E-state index in [1.165, 1.54) is 0 Å². The van der Waals surface area contributed by atoms with Crippen LogP contribution in [0.15, 0.2) is 5.51 Å². The van der Waals surface area contributed by atoms with Gasteiger partial charge in [-0.05, 0) is 19.8 Å². The fourth-order valence-corrected chi connectivity index (χ4v) is 2.41. The fraction of sp³-hybridized carbons (Fsp3) is 0.636. The molecule has 1 aliphatic rings. The summed E-state index contributed by atoms with van der Waals surface area (Å²) in [6.45, 7) is 2.88. The maximum Gasteiger partial charge on any atom is 0.318 e. The summed E-state index contributed by atoms with van der Waals surface area (Å²) in [5.74, 6) is 0. The second-order valence-electron chi connectivity index (χ2n) is 4.17. The van der Waals surface area contributed by atoms with E-state index in [9.17, 15) is 4.79 Å². The Bertz CT molecular complexity index is 390. The molecule has 1 aromatic rings. The van der Waals surface area contributed by atoms with Gasteiger partial charge >= 0.3 is 6.03 Å². The standard InChI is InChI=1S/C11H17N3O2S/c1-8-10(17-7-13-8)6-12-11(16)14(4-5-15)9-2-3-9/h7,9,15H,2-6H2,1H3,(H,12,16). The zero-order chi connectivity index (χ0) is 12.3. The van der Waals surface area contributed by atoms with Crippen molar-refractivity contribution in [1.82, 2.24) is 15.2 Å². The number of aryl methyl sites for hydroxylation is 1. The van der Waals surface area contributed by atoms with Crippen LogP contribution >= 0.6 is 11.3 Å². The van der Waals surface area contributed by atoms with Crippen molar-refractivity contribution in [1.29, 1.82) is 0 Å². The molecule has 0 aliphatic heterocycles. The number of nitrogens with zero attached hydrogens (tertiary/aromatic N) is 2. The molecule has 6 heteroatoms. The number of nitrogens with one attached hydrogen (secondary N) is 1. The van der Waals surface area contributed by atoms with Crippen LogP contribution in [0.2, 0.25) is 0 Å². The molecule has 0 atom stereocenters. The SMILES string of the molecule is Cc1ncsc1CNC(=O)N(CCO)C1CC1. The predicted molar refractivity (Wildman–Crippen MR) is 65.9 cm³/mol. The van der Waals surface area contributed by atoms with Crippen LogP contribution in [-0.2, 0) is 6.54 Å². The van der Waals surface area contributed by atoms with Gasteiger partial charge in [0.05, 0.1) is 24.4 Å². The van der Waals surface area contributed by atoms with Crippen LogP contribution in [0.1, 0.15) is 23.4 Å². The van der Waals surface area contributed by atoms with Gasteiger partial charge in [0.1, 0.15) is 0 Å². The Morgan fingerprint density at radius 1 is 1.71 bits per heavy atom. The van der Waals surface area contributed by atoms with Crippen molar-refractivity contribution < 1.29 is 9.90 Å². The quantitative estimate of drug-likeness (QED) is 0.828. The summed E-state index contributed by atoms with van der Waals surface area (Å²) >= 11 is 1.55. The molecule has 17 heavy (non-hydrogen) atoms. The normalized spacial score (nSPS) is 14.7. The zero-order valence-electron chi connectivity index (χ0n) is 9.85. The number of thiazole rings is 1. The van der Waals surface area contributed by atoms with Gasteiger partial charge < -0.3 is 15.3 Å². The first-order valence-corrected chi connectivity index (χ1v) is 6.64. The molecule has 1 aliphatic carbocycles. The third-order valence-electron chi connectivity index (χ3n) is 2.83. The van der Waals surface area contributed by atoms with Gasteiger partial charge in [0.2, 0.25) is 0 Å². The van der Waals surface area contributed by atoms with Crippen molar-refractivity contribution >= 4 is 17.4 Å². The maximum absolute atomic E-state index is 11.9. The van der Waals surface area contributed by atoms with E-state index in [2.05, 4.69) is 10.3 Å². The van der Waals surface area contributed by atoms with Gasteiger partial charge in [-0.3, -0.25) is 0 Å². The van der Waals surface area contributed by atoms with Crippen LogP contribution in [0, 0.1) is 6.92 Å². The molecule has 0 radical (unpaired) electrons. The molecular weight excluding hydrogens is 238 g/mol. The molecule has 0 spiro atoms. The lowest BCUT2D eigenvalue weighted by Crippen LogP contribution is -2.42. The molecule has 0 bridgehead atoms. The summed E-state index contributed by atoms with van der Waals surface area (Å²) in [5.41, 5.74) is 2.75. The van der Waals surface area contributed by atoms with E-state index in [4.69, 9.17) is 5.11 Å². The summed E-state index contributed by atoms with van der Waals surface area (Å²) in [4.78, 5) is 18.8. The first kappa shape index (κ1) is 12.3. The summed E-state index contributed by atoms with van der Waals surface area (Å²) in [5, 5.41) is 11.8. The topological polar surface area (TPSA) is 65.5 Å². The Hall–Kier alpha value is -1.14. The van der Waals surface area contributed by atoms with Crippen LogP contribution in [0.4, 0.5) is 4.79 Å². The van der Waals surface area contributed by atoms with Gasteiger partial charge in [0, 0.05) is 17.5 Å². The molecule has 0 aromatic carbocycles. The minimum Gasteiger partial charge on any atom is -0.395 e. The van der Waals surface area contributed by atoms with Crippen LogP contribution in [0.25, 0.3) is 0 Å². The third kappa shape index (κ3) is 3.17. The number of hydrogen-bond donors (Lipinski definition) is 2. The zero-order valence-corrected chi connectivity index (χ0v) is 10.7. The second kappa shape index (κ2) is 5.46. The van der Waals surface area contributed by atoms with Crippen molar-refractivity contribution in [2.75, 3.05) is 13.2 Å². The van der Waals surface area contributed by atoms with E-state index in [-0.39, 0.29) is 12.6 Å². The number of aromatic nitrogens is 1. The molecule has 1 aromatic heterocycles. The largest absolute Gasteiger partial charge is 0.395 e. The average Bonchev–Trinajstić information content (AvgIpc) is 3.07. The van der Waals surface area contributed by atoms with Gasteiger partial charge in [-0.25, -0.2) is 9.78 Å². The Labute approximate surface area is 104 Å². The van der Waals surface area contributed by atoms with Crippen molar-refractivity contribution in [2.45, 2.75) is 32.4 Å². The number of amides is 2. The Kier molecular flexibility index (Phi) is 3.96. The number of aliphatic hydroxyl groups is 1. The highest BCUT2D eigenvalue weighted by atomic mass is 32.1. The number of carbonyl (C=O) groups is 1. The molecule has 0 saturated heterocycles. The summed E-state index contributed by atoms with van der Waals surface area (Å²) in [6, 6.07) is 0.235. The van der Waals surface area contributed by atoms with E-state index in [0.717, 1.165) is 23.4 Å². The van der Waals surface area contributed by atoms with Gasteiger partial charge in [-0.2, -0.15) is 0 Å². The summed E-state index contributed by atoms with van der Waals surface area (Å²) < 4.78 is 0. The Morgan fingerprint density at radius 3 is 3.00 bits per heavy atom. The van der Waals surface area contributed by atoms with Gasteiger partial charge in [0.25, 0.3) is 0 Å². The smallest absolute Gasteiger partial charge is 0.318 e. The van der Waals surface area contributed by atoms with E-state index in [0.29, 0.717) is 19.1 Å². The fourth-order valence-electron chi connectivity index (χ4n) is 1.70. The van der Waals surface area contributed by atoms with Crippen molar-refractivity contribution in [3.63, 3.8) is 0 Å². The molecule has 5 nitrogen and oxygen atoms in total. The molecule has 2 amide bonds. The third-order valence-corrected chi connectivity index (χ3v) is 3.77. The molecule has 1 heterocycles. The van der Waals surface area contributed by atoms with Crippen molar-refractivity contribution in [3.8, 4) is 0 Å². The molecule has 94 valence electrons. The second-order valence-corrected chi connectivity index (χ2v) is 5.11. The van der Waals surface area contributed by atoms with Gasteiger partial charge in [-0.15, -0.1) is 11.3 Å². The highest BCUT2D eigenvalue weighted by molar-refractivity contribution is 7.09. The van der Waals surface area contributed by atoms with Crippen LogP contribution in [0.5, 0.6) is 0 Å². The minimum atomic E-state index is -0.0886. The van der Waals surface area contributed by atoms with Crippen LogP contribution in [-0.4, -0.2) is 40.2 Å². The molecule has 2 N–H and O–H groups in total. The number of hydrogen-bond acceptors (Lipinski definition) is 4. The first-order valence-electron chi connectivity index (χ1n) is 5.76. The Morgan fingerprint density at radius 2 is 2.47 bits per heavy atom. The van der Waals surface area contributed by atoms with Gasteiger partial charge in [-0.1, -0.05) is 0 Å². The monoisotopic (exact) mass is 255 g/mol. The van der Waals surface area contributed by atoms with Crippen LogP contribution < -0.4 is 5.32 Å². The summed E-state index contributed by atoms with van der Waals surface area (Å²) in [7, 11) is 0. The molecule has 1 saturated carbocycles. The molecular formula is C11H17N3O2S. The number of urea groups is 1.